The Hall–Kier alpha value is -0.540. The number of benzene rings is 1. The van der Waals surface area contributed by atoms with Crippen LogP contribution in [0.3, 0.4) is 0 Å². The number of hydrogen-bond acceptors (Lipinski definition) is 2. The van der Waals surface area contributed by atoms with E-state index in [0.29, 0.717) is 6.54 Å². The lowest BCUT2D eigenvalue weighted by Gasteiger charge is -2.14. The van der Waals surface area contributed by atoms with Crippen LogP contribution >= 0.6 is 11.8 Å². The molecule has 0 aliphatic rings. The monoisotopic (exact) mass is 227 g/mol. The van der Waals surface area contributed by atoms with Crippen molar-refractivity contribution in [3.63, 3.8) is 0 Å². The van der Waals surface area contributed by atoms with Crippen LogP contribution in [0.25, 0.3) is 0 Å². The van der Waals surface area contributed by atoms with E-state index in [9.17, 15) is 4.39 Å². The fourth-order valence-electron chi connectivity index (χ4n) is 1.67. The molecule has 0 radical (unpaired) electrons. The second kappa shape index (κ2) is 5.52. The minimum absolute atomic E-state index is 0.105. The predicted molar refractivity (Wildman–Crippen MR) is 65.0 cm³/mol. The second-order valence-corrected chi connectivity index (χ2v) is 4.67. The summed E-state index contributed by atoms with van der Waals surface area (Å²) in [6.07, 6.45) is 2.84. The third-order valence-electron chi connectivity index (χ3n) is 2.64. The van der Waals surface area contributed by atoms with Gasteiger partial charge in [0.05, 0.1) is 0 Å². The third kappa shape index (κ3) is 2.95. The van der Waals surface area contributed by atoms with E-state index in [1.807, 2.05) is 26.2 Å². The summed E-state index contributed by atoms with van der Waals surface area (Å²) < 4.78 is 13.7. The SMILES string of the molecule is CSc1cc(C(C)CCN)c(F)cc1C. The van der Waals surface area contributed by atoms with E-state index in [4.69, 9.17) is 5.73 Å². The third-order valence-corrected chi connectivity index (χ3v) is 3.52. The lowest BCUT2D eigenvalue weighted by Crippen LogP contribution is -2.06. The highest BCUT2D eigenvalue weighted by atomic mass is 32.2. The van der Waals surface area contributed by atoms with E-state index in [1.54, 1.807) is 17.8 Å². The molecule has 0 amide bonds. The van der Waals surface area contributed by atoms with Gasteiger partial charge >= 0.3 is 0 Å². The average molecular weight is 227 g/mol. The number of nitrogens with two attached hydrogens (primary N) is 1. The highest BCUT2D eigenvalue weighted by Crippen LogP contribution is 2.29. The van der Waals surface area contributed by atoms with Gasteiger partial charge in [0, 0.05) is 4.90 Å². The van der Waals surface area contributed by atoms with Crippen molar-refractivity contribution < 1.29 is 4.39 Å². The first-order valence-electron chi connectivity index (χ1n) is 5.14. The molecule has 1 atom stereocenters. The minimum Gasteiger partial charge on any atom is -0.330 e. The van der Waals surface area contributed by atoms with Crippen LogP contribution in [0, 0.1) is 12.7 Å². The molecular weight excluding hydrogens is 209 g/mol. The van der Waals surface area contributed by atoms with Crippen molar-refractivity contribution in [2.75, 3.05) is 12.8 Å². The molecule has 2 N–H and O–H groups in total. The van der Waals surface area contributed by atoms with E-state index < -0.39 is 0 Å². The molecule has 15 heavy (non-hydrogen) atoms. The number of aryl methyl sites for hydroxylation is 1. The van der Waals surface area contributed by atoms with Crippen LogP contribution in [-0.2, 0) is 0 Å². The zero-order valence-corrected chi connectivity index (χ0v) is 10.3. The van der Waals surface area contributed by atoms with Gasteiger partial charge in [0.25, 0.3) is 0 Å². The van der Waals surface area contributed by atoms with Crippen LogP contribution in [0.15, 0.2) is 17.0 Å². The second-order valence-electron chi connectivity index (χ2n) is 3.82. The van der Waals surface area contributed by atoms with Crippen molar-refractivity contribution in [3.05, 3.63) is 29.1 Å². The van der Waals surface area contributed by atoms with Crippen LogP contribution in [-0.4, -0.2) is 12.8 Å². The molecule has 0 aromatic heterocycles. The average Bonchev–Trinajstić information content (AvgIpc) is 2.18. The van der Waals surface area contributed by atoms with Gasteiger partial charge in [-0.1, -0.05) is 6.92 Å². The van der Waals surface area contributed by atoms with Gasteiger partial charge < -0.3 is 5.73 Å². The minimum atomic E-state index is -0.105. The zero-order valence-electron chi connectivity index (χ0n) is 9.51. The Balaban J connectivity index is 3.06. The Morgan fingerprint density at radius 1 is 1.47 bits per heavy atom. The first kappa shape index (κ1) is 12.5. The zero-order chi connectivity index (χ0) is 11.4. The number of halogens is 1. The normalized spacial score (nSPS) is 12.9. The molecule has 1 nitrogen and oxygen atoms in total. The summed E-state index contributed by atoms with van der Waals surface area (Å²) in [5.74, 6) is 0.0905. The summed E-state index contributed by atoms with van der Waals surface area (Å²) in [7, 11) is 0. The van der Waals surface area contributed by atoms with E-state index in [1.165, 1.54) is 0 Å². The molecule has 1 aromatic rings. The summed E-state index contributed by atoms with van der Waals surface area (Å²) in [6.45, 7) is 4.56. The topological polar surface area (TPSA) is 26.0 Å². The van der Waals surface area contributed by atoms with Crippen LogP contribution in [0.1, 0.15) is 30.4 Å². The first-order chi connectivity index (χ1) is 7.10. The van der Waals surface area contributed by atoms with Crippen molar-refractivity contribution in [3.8, 4) is 0 Å². The molecule has 1 aromatic carbocycles. The van der Waals surface area contributed by atoms with Crippen molar-refractivity contribution in [2.24, 2.45) is 5.73 Å². The fraction of sp³-hybridized carbons (Fsp3) is 0.500. The Morgan fingerprint density at radius 3 is 2.67 bits per heavy atom. The van der Waals surface area contributed by atoms with Crippen LogP contribution in [0.4, 0.5) is 4.39 Å². The Kier molecular flexibility index (Phi) is 4.61. The Labute approximate surface area is 95.2 Å². The molecule has 1 unspecified atom stereocenters. The van der Waals surface area contributed by atoms with Gasteiger partial charge in [0.1, 0.15) is 5.82 Å². The molecule has 3 heteroatoms. The number of hydrogen-bond donors (Lipinski definition) is 1. The van der Waals surface area contributed by atoms with Crippen molar-refractivity contribution >= 4 is 11.8 Å². The van der Waals surface area contributed by atoms with Crippen molar-refractivity contribution in [1.82, 2.24) is 0 Å². The molecular formula is C12H18FNS. The molecule has 84 valence electrons. The molecule has 0 fully saturated rings. The molecule has 0 bridgehead atoms. The molecule has 0 saturated carbocycles. The van der Waals surface area contributed by atoms with E-state index in [0.717, 1.165) is 22.4 Å². The maximum atomic E-state index is 13.7. The molecule has 1 rings (SSSR count). The maximum Gasteiger partial charge on any atom is 0.127 e. The molecule has 0 saturated heterocycles. The summed E-state index contributed by atoms with van der Waals surface area (Å²) in [4.78, 5) is 1.15. The van der Waals surface area contributed by atoms with Crippen molar-refractivity contribution in [2.45, 2.75) is 31.1 Å². The molecule has 0 aliphatic heterocycles. The van der Waals surface area contributed by atoms with Gasteiger partial charge in [-0.3, -0.25) is 0 Å². The first-order valence-corrected chi connectivity index (χ1v) is 6.36. The van der Waals surface area contributed by atoms with E-state index >= 15 is 0 Å². The molecule has 0 heterocycles. The highest BCUT2D eigenvalue weighted by Gasteiger charge is 2.12. The van der Waals surface area contributed by atoms with Gasteiger partial charge in [-0.25, -0.2) is 4.39 Å². The standard InChI is InChI=1S/C12H18FNS/c1-8(4-5-14)10-7-12(15-3)9(2)6-11(10)13/h6-8H,4-5,14H2,1-3H3. The van der Waals surface area contributed by atoms with E-state index in [-0.39, 0.29) is 11.7 Å². The predicted octanol–water partition coefficient (Wildman–Crippen LogP) is 3.31. The number of thioether (sulfide) groups is 1. The molecule has 0 spiro atoms. The Morgan fingerprint density at radius 2 is 2.13 bits per heavy atom. The van der Waals surface area contributed by atoms with E-state index in [2.05, 4.69) is 0 Å². The largest absolute Gasteiger partial charge is 0.330 e. The van der Waals surface area contributed by atoms with Gasteiger partial charge in [-0.05, 0) is 55.3 Å². The Bertz CT molecular complexity index is 339. The lowest BCUT2D eigenvalue weighted by molar-refractivity contribution is 0.574. The van der Waals surface area contributed by atoms with Gasteiger partial charge in [-0.15, -0.1) is 11.8 Å². The van der Waals surface area contributed by atoms with Crippen LogP contribution in [0.5, 0.6) is 0 Å². The van der Waals surface area contributed by atoms with Crippen molar-refractivity contribution in [1.29, 1.82) is 0 Å². The summed E-state index contributed by atoms with van der Waals surface area (Å²) >= 11 is 1.66. The lowest BCUT2D eigenvalue weighted by atomic mass is 9.96. The fourth-order valence-corrected chi connectivity index (χ4v) is 2.30. The quantitative estimate of drug-likeness (QED) is 0.799. The smallest absolute Gasteiger partial charge is 0.127 e. The molecule has 0 aliphatic carbocycles. The summed E-state index contributed by atoms with van der Waals surface area (Å²) in [5, 5.41) is 0. The summed E-state index contributed by atoms with van der Waals surface area (Å²) in [5.41, 5.74) is 7.28. The maximum absolute atomic E-state index is 13.7. The van der Waals surface area contributed by atoms with Gasteiger partial charge in [0.2, 0.25) is 0 Å². The highest BCUT2D eigenvalue weighted by molar-refractivity contribution is 7.98. The van der Waals surface area contributed by atoms with Crippen LogP contribution < -0.4 is 5.73 Å². The summed E-state index contributed by atoms with van der Waals surface area (Å²) in [6, 6.07) is 3.57. The van der Waals surface area contributed by atoms with Gasteiger partial charge in [0.15, 0.2) is 0 Å². The van der Waals surface area contributed by atoms with Crippen LogP contribution in [0.2, 0.25) is 0 Å². The number of rotatable bonds is 4. The van der Waals surface area contributed by atoms with Gasteiger partial charge in [-0.2, -0.15) is 0 Å².